The lowest BCUT2D eigenvalue weighted by molar-refractivity contribution is -0.131. The van der Waals surface area contributed by atoms with Gasteiger partial charge < -0.3 is 9.80 Å². The van der Waals surface area contributed by atoms with Crippen molar-refractivity contribution < 1.29 is 14.0 Å². The van der Waals surface area contributed by atoms with E-state index in [1.165, 1.54) is 6.07 Å². The first kappa shape index (κ1) is 17.9. The molecule has 136 valence electrons. The highest BCUT2D eigenvalue weighted by molar-refractivity contribution is 5.94. The number of hydrogen-bond acceptors (Lipinski definition) is 3. The van der Waals surface area contributed by atoms with Crippen molar-refractivity contribution in [3.8, 4) is 0 Å². The number of carbonyl (C=O) groups is 2. The number of benzene rings is 1. The molecule has 5 nitrogen and oxygen atoms in total. The van der Waals surface area contributed by atoms with Crippen LogP contribution in [0.3, 0.4) is 0 Å². The van der Waals surface area contributed by atoms with Crippen molar-refractivity contribution in [3.05, 3.63) is 35.1 Å². The Labute approximate surface area is 148 Å². The van der Waals surface area contributed by atoms with Crippen LogP contribution in [0.1, 0.15) is 35.2 Å². The molecule has 0 saturated carbocycles. The van der Waals surface area contributed by atoms with Crippen molar-refractivity contribution >= 4 is 11.8 Å². The predicted octanol–water partition coefficient (Wildman–Crippen LogP) is 1.90. The van der Waals surface area contributed by atoms with Gasteiger partial charge in [-0.05, 0) is 38.3 Å². The van der Waals surface area contributed by atoms with Crippen LogP contribution in [0.25, 0.3) is 0 Å². The van der Waals surface area contributed by atoms with E-state index in [2.05, 4.69) is 4.90 Å². The van der Waals surface area contributed by atoms with Crippen molar-refractivity contribution in [2.75, 3.05) is 45.8 Å². The molecule has 0 atom stereocenters. The molecule has 0 N–H and O–H groups in total. The van der Waals surface area contributed by atoms with E-state index in [9.17, 15) is 14.0 Å². The molecule has 0 unspecified atom stereocenters. The molecule has 2 aliphatic rings. The van der Waals surface area contributed by atoms with Crippen LogP contribution in [-0.4, -0.2) is 72.3 Å². The van der Waals surface area contributed by atoms with Crippen LogP contribution in [-0.2, 0) is 4.79 Å². The largest absolute Gasteiger partial charge is 0.342 e. The highest BCUT2D eigenvalue weighted by atomic mass is 19.1. The van der Waals surface area contributed by atoms with Gasteiger partial charge in [0.2, 0.25) is 5.91 Å². The summed E-state index contributed by atoms with van der Waals surface area (Å²) in [5.74, 6) is -0.545. The van der Waals surface area contributed by atoms with E-state index in [1.54, 1.807) is 17.0 Å². The second kappa shape index (κ2) is 7.95. The van der Waals surface area contributed by atoms with Crippen LogP contribution in [0.4, 0.5) is 4.39 Å². The van der Waals surface area contributed by atoms with Crippen molar-refractivity contribution in [2.24, 2.45) is 0 Å². The van der Waals surface area contributed by atoms with Crippen LogP contribution in [0.15, 0.2) is 18.2 Å². The maximum absolute atomic E-state index is 14.0. The lowest BCUT2D eigenvalue weighted by atomic mass is 10.1. The summed E-state index contributed by atoms with van der Waals surface area (Å²) in [6.07, 6.45) is 2.98. The Bertz CT molecular complexity index is 644. The zero-order chi connectivity index (χ0) is 17.8. The van der Waals surface area contributed by atoms with Gasteiger partial charge in [-0.15, -0.1) is 0 Å². The van der Waals surface area contributed by atoms with E-state index >= 15 is 0 Å². The van der Waals surface area contributed by atoms with Crippen molar-refractivity contribution in [1.82, 2.24) is 14.7 Å². The monoisotopic (exact) mass is 347 g/mol. The van der Waals surface area contributed by atoms with E-state index in [0.29, 0.717) is 26.2 Å². The molecule has 0 bridgehead atoms. The van der Waals surface area contributed by atoms with E-state index in [1.807, 2.05) is 11.8 Å². The minimum atomic E-state index is -0.471. The van der Waals surface area contributed by atoms with E-state index in [4.69, 9.17) is 0 Å². The Morgan fingerprint density at radius 3 is 2.44 bits per heavy atom. The molecule has 0 radical (unpaired) electrons. The van der Waals surface area contributed by atoms with E-state index < -0.39 is 5.82 Å². The summed E-state index contributed by atoms with van der Waals surface area (Å²) in [5.41, 5.74) is 1.01. The summed E-state index contributed by atoms with van der Waals surface area (Å²) in [7, 11) is 0. The van der Waals surface area contributed by atoms with Crippen LogP contribution >= 0.6 is 0 Å². The standard InChI is InChI=1S/C19H26FN3O2/c1-15-5-6-17(20)16(13-15)19(25)23-10-4-7-21(11-12-23)14-18(24)22-8-2-3-9-22/h5-6,13H,2-4,7-12,14H2,1H3. The Balaban J connectivity index is 1.58. The summed E-state index contributed by atoms with van der Waals surface area (Å²) in [6.45, 7) is 6.57. The van der Waals surface area contributed by atoms with E-state index in [0.717, 1.165) is 44.5 Å². The molecule has 3 rings (SSSR count). The highest BCUT2D eigenvalue weighted by Crippen LogP contribution is 2.15. The molecule has 2 fully saturated rings. The molecule has 6 heteroatoms. The Kier molecular flexibility index (Phi) is 5.68. The summed E-state index contributed by atoms with van der Waals surface area (Å²) >= 11 is 0. The van der Waals surface area contributed by atoms with Crippen LogP contribution in [0, 0.1) is 12.7 Å². The zero-order valence-electron chi connectivity index (χ0n) is 14.8. The molecule has 2 aliphatic heterocycles. The minimum Gasteiger partial charge on any atom is -0.342 e. The quantitative estimate of drug-likeness (QED) is 0.839. The second-order valence-corrected chi connectivity index (χ2v) is 6.99. The fourth-order valence-electron chi connectivity index (χ4n) is 3.56. The van der Waals surface area contributed by atoms with Crippen molar-refractivity contribution in [3.63, 3.8) is 0 Å². The molecule has 25 heavy (non-hydrogen) atoms. The van der Waals surface area contributed by atoms with Crippen molar-refractivity contribution in [2.45, 2.75) is 26.2 Å². The number of likely N-dealkylation sites (tertiary alicyclic amines) is 1. The van der Waals surface area contributed by atoms with Gasteiger partial charge in [0, 0.05) is 39.3 Å². The fourth-order valence-corrected chi connectivity index (χ4v) is 3.56. The van der Waals surface area contributed by atoms with Gasteiger partial charge in [0.1, 0.15) is 5.82 Å². The number of nitrogens with zero attached hydrogens (tertiary/aromatic N) is 3. The molecule has 0 spiro atoms. The summed E-state index contributed by atoms with van der Waals surface area (Å²) < 4.78 is 14.0. The second-order valence-electron chi connectivity index (χ2n) is 6.99. The Morgan fingerprint density at radius 1 is 0.960 bits per heavy atom. The van der Waals surface area contributed by atoms with Crippen molar-refractivity contribution in [1.29, 1.82) is 0 Å². The Morgan fingerprint density at radius 2 is 1.68 bits per heavy atom. The normalized spacial score (nSPS) is 19.1. The summed E-state index contributed by atoms with van der Waals surface area (Å²) in [5, 5.41) is 0. The van der Waals surface area contributed by atoms with E-state index in [-0.39, 0.29) is 17.4 Å². The molecule has 1 aromatic rings. The fraction of sp³-hybridized carbons (Fsp3) is 0.579. The number of amides is 2. The average Bonchev–Trinajstić information content (AvgIpc) is 3.04. The van der Waals surface area contributed by atoms with Gasteiger partial charge in [0.25, 0.3) is 5.91 Å². The average molecular weight is 347 g/mol. The lowest BCUT2D eigenvalue weighted by Gasteiger charge is -2.24. The van der Waals surface area contributed by atoms with Gasteiger partial charge in [-0.3, -0.25) is 14.5 Å². The van der Waals surface area contributed by atoms with Crippen LogP contribution in [0.5, 0.6) is 0 Å². The molecule has 2 amide bonds. The smallest absolute Gasteiger partial charge is 0.256 e. The third-order valence-electron chi connectivity index (χ3n) is 5.05. The number of aryl methyl sites for hydroxylation is 1. The van der Waals surface area contributed by atoms with Gasteiger partial charge >= 0.3 is 0 Å². The predicted molar refractivity (Wildman–Crippen MR) is 93.9 cm³/mol. The number of carbonyl (C=O) groups excluding carboxylic acids is 2. The maximum atomic E-state index is 14.0. The van der Waals surface area contributed by atoms with Gasteiger partial charge in [-0.25, -0.2) is 4.39 Å². The first-order valence-electron chi connectivity index (χ1n) is 9.10. The SMILES string of the molecule is Cc1ccc(F)c(C(=O)N2CCCN(CC(=O)N3CCCC3)CC2)c1. The first-order chi connectivity index (χ1) is 12.0. The zero-order valence-corrected chi connectivity index (χ0v) is 14.8. The molecule has 0 aliphatic carbocycles. The first-order valence-corrected chi connectivity index (χ1v) is 9.10. The Hall–Kier alpha value is -1.95. The number of rotatable bonds is 3. The maximum Gasteiger partial charge on any atom is 0.256 e. The van der Waals surface area contributed by atoms with Gasteiger partial charge in [0.05, 0.1) is 12.1 Å². The van der Waals surface area contributed by atoms with Crippen LogP contribution < -0.4 is 0 Å². The third-order valence-corrected chi connectivity index (χ3v) is 5.05. The van der Waals surface area contributed by atoms with Gasteiger partial charge in [-0.2, -0.15) is 0 Å². The third kappa shape index (κ3) is 4.37. The molecule has 1 aromatic carbocycles. The summed E-state index contributed by atoms with van der Waals surface area (Å²) in [6, 6.07) is 4.62. The molecule has 0 aromatic heterocycles. The molecule has 2 saturated heterocycles. The van der Waals surface area contributed by atoms with Crippen LogP contribution in [0.2, 0.25) is 0 Å². The lowest BCUT2D eigenvalue weighted by Crippen LogP contribution is -2.41. The molecular formula is C19H26FN3O2. The molecular weight excluding hydrogens is 321 g/mol. The van der Waals surface area contributed by atoms with Gasteiger partial charge in [-0.1, -0.05) is 11.6 Å². The topological polar surface area (TPSA) is 43.9 Å². The highest BCUT2D eigenvalue weighted by Gasteiger charge is 2.25. The number of halogens is 1. The number of hydrogen-bond donors (Lipinski definition) is 0. The van der Waals surface area contributed by atoms with Gasteiger partial charge in [0.15, 0.2) is 0 Å². The molecule has 2 heterocycles. The summed E-state index contributed by atoms with van der Waals surface area (Å²) in [4.78, 5) is 30.7. The minimum absolute atomic E-state index is 0.140.